The molecule has 4 nitrogen and oxygen atoms in total. The standard InChI is InChI=1S/C33H46N2O2/c1-7-25-9-8-10-28(21-25)31(23-37)35-33(19-17-29(18-20-33)32(4,5)6)34-30(16-11-24(2)3)27-14-12-26(22-36)13-15-27/h8-10,12-15,21-24,29-30,34H,7,11,16-20H2,1-6H3/b35-31+. The van der Waals surface area contributed by atoms with E-state index in [2.05, 4.69) is 71.1 Å². The van der Waals surface area contributed by atoms with Crippen LogP contribution in [-0.4, -0.2) is 23.9 Å². The molecule has 0 amide bonds. The molecule has 0 aliphatic heterocycles. The first-order valence-electron chi connectivity index (χ1n) is 14.1. The molecule has 1 atom stereocenters. The van der Waals surface area contributed by atoms with Crippen molar-refractivity contribution in [1.29, 1.82) is 0 Å². The molecule has 0 saturated heterocycles. The zero-order valence-electron chi connectivity index (χ0n) is 23.7. The zero-order valence-corrected chi connectivity index (χ0v) is 23.7. The zero-order chi connectivity index (χ0) is 27.1. The number of aliphatic imine (C=N–C) groups is 1. The van der Waals surface area contributed by atoms with E-state index in [0.717, 1.165) is 63.1 Å². The van der Waals surface area contributed by atoms with Gasteiger partial charge in [-0.25, -0.2) is 0 Å². The number of nitrogens with one attached hydrogen (secondary N) is 1. The Morgan fingerprint density at radius 2 is 1.73 bits per heavy atom. The number of benzene rings is 2. The third kappa shape index (κ3) is 7.95. The SMILES string of the molecule is CCc1cccc(/C(C=O)=N/C2(NC(CCC(C)C)c3ccc(C=O)cc3)CCC(C(C)(C)C)CC2)c1. The summed E-state index contributed by atoms with van der Waals surface area (Å²) in [5.74, 6) is 1.21. The quantitative estimate of drug-likeness (QED) is 0.252. The molecule has 1 unspecified atom stereocenters. The van der Waals surface area contributed by atoms with Crippen molar-refractivity contribution in [3.8, 4) is 0 Å². The fourth-order valence-corrected chi connectivity index (χ4v) is 5.54. The summed E-state index contributed by atoms with van der Waals surface area (Å²) < 4.78 is 0. The number of hydrogen-bond donors (Lipinski definition) is 1. The lowest BCUT2D eigenvalue weighted by molar-refractivity contribution is -0.102. The van der Waals surface area contributed by atoms with Gasteiger partial charge in [-0.05, 0) is 79.4 Å². The summed E-state index contributed by atoms with van der Waals surface area (Å²) in [5, 5.41) is 3.98. The summed E-state index contributed by atoms with van der Waals surface area (Å²) in [6.45, 7) is 13.6. The highest BCUT2D eigenvalue weighted by molar-refractivity contribution is 6.36. The van der Waals surface area contributed by atoms with E-state index in [1.54, 1.807) is 0 Å². The Morgan fingerprint density at radius 1 is 1.05 bits per heavy atom. The van der Waals surface area contributed by atoms with Crippen LogP contribution in [0.4, 0.5) is 0 Å². The summed E-state index contributed by atoms with van der Waals surface area (Å²) >= 11 is 0. The molecule has 2 aromatic rings. The summed E-state index contributed by atoms with van der Waals surface area (Å²) in [7, 11) is 0. The van der Waals surface area contributed by atoms with E-state index in [0.29, 0.717) is 23.1 Å². The van der Waals surface area contributed by atoms with Crippen molar-refractivity contribution in [2.45, 2.75) is 98.2 Å². The average molecular weight is 503 g/mol. The molecule has 0 aromatic heterocycles. The maximum absolute atomic E-state index is 12.4. The molecule has 1 fully saturated rings. The van der Waals surface area contributed by atoms with E-state index >= 15 is 0 Å². The molecule has 0 spiro atoms. The molecule has 0 heterocycles. The summed E-state index contributed by atoms with van der Waals surface area (Å²) in [6.07, 6.45) is 8.72. The second kappa shape index (κ2) is 12.8. The van der Waals surface area contributed by atoms with E-state index in [9.17, 15) is 9.59 Å². The minimum absolute atomic E-state index is 0.0907. The van der Waals surface area contributed by atoms with Gasteiger partial charge in [-0.15, -0.1) is 0 Å². The number of hydrogen-bond acceptors (Lipinski definition) is 4. The number of aryl methyl sites for hydroxylation is 1. The van der Waals surface area contributed by atoms with Gasteiger partial charge in [0.1, 0.15) is 17.7 Å². The van der Waals surface area contributed by atoms with Crippen LogP contribution in [0, 0.1) is 17.3 Å². The Labute approximate surface area is 224 Å². The second-order valence-electron chi connectivity index (χ2n) is 12.3. The van der Waals surface area contributed by atoms with Gasteiger partial charge < -0.3 is 0 Å². The van der Waals surface area contributed by atoms with Gasteiger partial charge in [-0.2, -0.15) is 0 Å². The minimum Gasteiger partial charge on any atom is -0.298 e. The van der Waals surface area contributed by atoms with Crippen LogP contribution in [-0.2, 0) is 11.2 Å². The molecule has 37 heavy (non-hydrogen) atoms. The molecule has 1 aliphatic rings. The summed E-state index contributed by atoms with van der Waals surface area (Å²) in [4.78, 5) is 28.9. The maximum Gasteiger partial charge on any atom is 0.168 e. The Bertz CT molecular complexity index is 1050. The highest BCUT2D eigenvalue weighted by Gasteiger charge is 2.40. The van der Waals surface area contributed by atoms with Gasteiger partial charge in [-0.1, -0.05) is 84.0 Å². The molecule has 0 bridgehead atoms. The third-order valence-electron chi connectivity index (χ3n) is 8.07. The summed E-state index contributed by atoms with van der Waals surface area (Å²) in [6, 6.07) is 16.2. The van der Waals surface area contributed by atoms with E-state index in [1.165, 1.54) is 11.1 Å². The van der Waals surface area contributed by atoms with Crippen LogP contribution in [0.1, 0.15) is 113 Å². The smallest absolute Gasteiger partial charge is 0.168 e. The maximum atomic E-state index is 12.4. The Kier molecular flexibility index (Phi) is 10.0. The van der Waals surface area contributed by atoms with E-state index in [4.69, 9.17) is 4.99 Å². The number of nitrogens with zero attached hydrogens (tertiary/aromatic N) is 1. The largest absolute Gasteiger partial charge is 0.298 e. The monoisotopic (exact) mass is 502 g/mol. The van der Waals surface area contributed by atoms with Crippen molar-refractivity contribution < 1.29 is 9.59 Å². The Hall–Kier alpha value is -2.59. The lowest BCUT2D eigenvalue weighted by Crippen LogP contribution is -2.50. The Morgan fingerprint density at radius 3 is 2.27 bits per heavy atom. The van der Waals surface area contributed by atoms with E-state index in [1.807, 2.05) is 24.3 Å². The topological polar surface area (TPSA) is 58.5 Å². The molecule has 3 rings (SSSR count). The molecule has 1 saturated carbocycles. The predicted octanol–water partition coefficient (Wildman–Crippen LogP) is 7.75. The first-order chi connectivity index (χ1) is 17.6. The van der Waals surface area contributed by atoms with Gasteiger partial charge in [0.2, 0.25) is 0 Å². The van der Waals surface area contributed by atoms with Crippen LogP contribution in [0.15, 0.2) is 53.5 Å². The Balaban J connectivity index is 2.02. The average Bonchev–Trinajstić information content (AvgIpc) is 2.89. The molecule has 4 heteroatoms. The first kappa shape index (κ1) is 29.0. The van der Waals surface area contributed by atoms with Gasteiger partial charge in [0.25, 0.3) is 0 Å². The van der Waals surface area contributed by atoms with Crippen LogP contribution in [0.3, 0.4) is 0 Å². The van der Waals surface area contributed by atoms with E-state index in [-0.39, 0.29) is 11.5 Å². The number of carbonyl (C=O) groups is 2. The van der Waals surface area contributed by atoms with Crippen molar-refractivity contribution in [3.05, 3.63) is 70.8 Å². The van der Waals surface area contributed by atoms with Crippen molar-refractivity contribution >= 4 is 18.3 Å². The van der Waals surface area contributed by atoms with Gasteiger partial charge in [-0.3, -0.25) is 19.9 Å². The lowest BCUT2D eigenvalue weighted by Gasteiger charge is -2.44. The van der Waals surface area contributed by atoms with Gasteiger partial charge in [0.15, 0.2) is 6.29 Å². The molecule has 2 aromatic carbocycles. The van der Waals surface area contributed by atoms with Crippen LogP contribution in [0.5, 0.6) is 0 Å². The third-order valence-corrected chi connectivity index (χ3v) is 8.07. The summed E-state index contributed by atoms with van der Waals surface area (Å²) in [5.41, 5.74) is 4.21. The van der Waals surface area contributed by atoms with Crippen LogP contribution < -0.4 is 5.32 Å². The number of aldehydes is 2. The van der Waals surface area contributed by atoms with Crippen LogP contribution >= 0.6 is 0 Å². The highest BCUT2D eigenvalue weighted by Crippen LogP contribution is 2.43. The van der Waals surface area contributed by atoms with Crippen LogP contribution in [0.25, 0.3) is 0 Å². The lowest BCUT2D eigenvalue weighted by atomic mass is 9.69. The first-order valence-corrected chi connectivity index (χ1v) is 14.1. The molecule has 1 N–H and O–H groups in total. The highest BCUT2D eigenvalue weighted by atomic mass is 16.1. The van der Waals surface area contributed by atoms with E-state index < -0.39 is 5.66 Å². The van der Waals surface area contributed by atoms with Gasteiger partial charge >= 0.3 is 0 Å². The molecular formula is C33H46N2O2. The van der Waals surface area contributed by atoms with Crippen molar-refractivity contribution in [3.63, 3.8) is 0 Å². The molecular weight excluding hydrogens is 456 g/mol. The molecule has 200 valence electrons. The van der Waals surface area contributed by atoms with Crippen molar-refractivity contribution in [2.24, 2.45) is 22.2 Å². The van der Waals surface area contributed by atoms with Crippen molar-refractivity contribution in [2.75, 3.05) is 0 Å². The predicted molar refractivity (Wildman–Crippen MR) is 154 cm³/mol. The second-order valence-corrected chi connectivity index (χ2v) is 12.3. The van der Waals surface area contributed by atoms with Gasteiger partial charge in [0, 0.05) is 17.2 Å². The molecule has 0 radical (unpaired) electrons. The fourth-order valence-electron chi connectivity index (χ4n) is 5.54. The minimum atomic E-state index is -0.509. The van der Waals surface area contributed by atoms with Crippen molar-refractivity contribution in [1.82, 2.24) is 5.32 Å². The molecule has 1 aliphatic carbocycles. The van der Waals surface area contributed by atoms with Crippen LogP contribution in [0.2, 0.25) is 0 Å². The van der Waals surface area contributed by atoms with Gasteiger partial charge in [0.05, 0.1) is 0 Å². The fraction of sp³-hybridized carbons (Fsp3) is 0.545. The number of rotatable bonds is 11. The number of carbonyl (C=O) groups excluding carboxylic acids is 2. The normalized spacial score (nSPS) is 21.6.